The normalized spacial score (nSPS) is 23.9. The molecule has 0 spiro atoms. The highest BCUT2D eigenvalue weighted by Gasteiger charge is 2.36. The highest BCUT2D eigenvalue weighted by atomic mass is 32.2. The molecule has 17 heavy (non-hydrogen) atoms. The fraction of sp³-hybridized carbons (Fsp3) is 0.462. The number of carbonyl (C=O) groups excluding carboxylic acids is 1. The molecule has 0 saturated carbocycles. The minimum atomic E-state index is -0.0917. The van der Waals surface area contributed by atoms with Crippen molar-refractivity contribution in [3.8, 4) is 0 Å². The lowest BCUT2D eigenvalue weighted by atomic mass is 10.2. The van der Waals surface area contributed by atoms with Crippen molar-refractivity contribution < 1.29 is 14.8 Å². The summed E-state index contributed by atoms with van der Waals surface area (Å²) in [5.41, 5.74) is 1.26. The van der Waals surface area contributed by atoms with E-state index < -0.39 is 0 Å². The molecule has 3 nitrogen and oxygen atoms in total. The van der Waals surface area contributed by atoms with Crippen LogP contribution in [-0.4, -0.2) is 23.9 Å². The zero-order valence-electron chi connectivity index (χ0n) is 10.1. The predicted octanol–water partition coefficient (Wildman–Crippen LogP) is 1.32. The van der Waals surface area contributed by atoms with Crippen LogP contribution in [0.4, 0.5) is 0 Å². The van der Waals surface area contributed by atoms with Crippen molar-refractivity contribution in [1.29, 1.82) is 0 Å². The first-order valence-electron chi connectivity index (χ1n) is 5.89. The Labute approximate surface area is 106 Å². The Balaban J connectivity index is 1.94. The smallest absolute Gasteiger partial charge is 0.366 e. The van der Waals surface area contributed by atoms with Crippen molar-refractivity contribution in [2.24, 2.45) is 0 Å². The molecular formula is C13H18NO2S+. The van der Waals surface area contributed by atoms with E-state index >= 15 is 0 Å². The van der Waals surface area contributed by atoms with Crippen LogP contribution < -0.4 is 5.32 Å². The van der Waals surface area contributed by atoms with Gasteiger partial charge >= 0.3 is 5.97 Å². The molecule has 1 fully saturated rings. The second kappa shape index (κ2) is 5.56. The zero-order valence-corrected chi connectivity index (χ0v) is 10.9. The van der Waals surface area contributed by atoms with Gasteiger partial charge in [0, 0.05) is 5.56 Å². The lowest BCUT2D eigenvalue weighted by molar-refractivity contribution is -0.685. The monoisotopic (exact) mass is 252 g/mol. The Morgan fingerprint density at radius 2 is 2.12 bits per heavy atom. The Bertz CT molecular complexity index is 380. The lowest BCUT2D eigenvalue weighted by Gasteiger charge is -2.12. The van der Waals surface area contributed by atoms with Crippen LogP contribution in [-0.2, 0) is 9.53 Å². The van der Waals surface area contributed by atoms with Crippen LogP contribution >= 0.6 is 11.8 Å². The van der Waals surface area contributed by atoms with E-state index in [1.165, 1.54) is 5.56 Å². The molecule has 0 radical (unpaired) electrons. The maximum Gasteiger partial charge on any atom is 0.366 e. The molecule has 0 bridgehead atoms. The van der Waals surface area contributed by atoms with Gasteiger partial charge in [-0.3, -0.25) is 0 Å². The molecule has 92 valence electrons. The van der Waals surface area contributed by atoms with Gasteiger partial charge in [-0.2, -0.15) is 0 Å². The average Bonchev–Trinajstić information content (AvgIpc) is 2.78. The van der Waals surface area contributed by atoms with Gasteiger partial charge in [-0.25, -0.2) is 4.79 Å². The third-order valence-electron chi connectivity index (χ3n) is 2.65. The van der Waals surface area contributed by atoms with E-state index in [0.29, 0.717) is 5.37 Å². The topological polar surface area (TPSA) is 42.9 Å². The molecule has 0 aliphatic carbocycles. The summed E-state index contributed by atoms with van der Waals surface area (Å²) in [5.74, 6) is 0.733. The van der Waals surface area contributed by atoms with Crippen LogP contribution in [0.2, 0.25) is 0 Å². The number of quaternary nitrogens is 1. The molecule has 1 saturated heterocycles. The molecule has 1 aliphatic heterocycles. The Hall–Kier alpha value is -1.00. The lowest BCUT2D eigenvalue weighted by Crippen LogP contribution is -2.89. The van der Waals surface area contributed by atoms with Crippen LogP contribution in [0.1, 0.15) is 24.8 Å². The van der Waals surface area contributed by atoms with Gasteiger partial charge in [0.1, 0.15) is 0 Å². The molecule has 0 aromatic heterocycles. The summed E-state index contributed by atoms with van der Waals surface area (Å²) in [4.78, 5) is 11.8. The van der Waals surface area contributed by atoms with Gasteiger partial charge in [-0.1, -0.05) is 42.1 Å². The molecule has 0 unspecified atom stereocenters. The highest BCUT2D eigenvalue weighted by Crippen LogP contribution is 2.26. The quantitative estimate of drug-likeness (QED) is 0.825. The van der Waals surface area contributed by atoms with Crippen molar-refractivity contribution >= 4 is 17.7 Å². The van der Waals surface area contributed by atoms with Gasteiger partial charge < -0.3 is 10.1 Å². The van der Waals surface area contributed by atoms with Crippen LogP contribution in [0.25, 0.3) is 0 Å². The van der Waals surface area contributed by atoms with Gasteiger partial charge in [0.25, 0.3) is 0 Å². The molecule has 1 heterocycles. The SMILES string of the molecule is CC(C)OC(=O)[C@H]1CS[C@@H](c2ccccc2)[NH2+]1. The van der Waals surface area contributed by atoms with E-state index in [-0.39, 0.29) is 18.1 Å². The first-order chi connectivity index (χ1) is 8.16. The summed E-state index contributed by atoms with van der Waals surface area (Å²) < 4.78 is 5.23. The number of benzene rings is 1. The number of rotatable bonds is 3. The second-order valence-electron chi connectivity index (χ2n) is 4.45. The average molecular weight is 252 g/mol. The maximum atomic E-state index is 11.8. The van der Waals surface area contributed by atoms with E-state index in [1.807, 2.05) is 32.0 Å². The molecule has 1 aromatic carbocycles. The molecule has 0 amide bonds. The summed E-state index contributed by atoms with van der Waals surface area (Å²) >= 11 is 1.80. The summed E-state index contributed by atoms with van der Waals surface area (Å²) in [6.45, 7) is 3.77. The molecule has 1 aliphatic rings. The van der Waals surface area contributed by atoms with E-state index in [9.17, 15) is 4.79 Å². The number of nitrogens with two attached hydrogens (primary N) is 1. The minimum absolute atomic E-state index is 0.0309. The number of hydrogen-bond donors (Lipinski definition) is 1. The Morgan fingerprint density at radius 3 is 2.76 bits per heavy atom. The number of carbonyl (C=O) groups is 1. The van der Waals surface area contributed by atoms with E-state index in [1.54, 1.807) is 11.8 Å². The number of esters is 1. The van der Waals surface area contributed by atoms with Gasteiger partial charge in [0.15, 0.2) is 11.4 Å². The molecule has 2 atom stereocenters. The zero-order chi connectivity index (χ0) is 12.3. The van der Waals surface area contributed by atoms with Crippen LogP contribution in [0.3, 0.4) is 0 Å². The van der Waals surface area contributed by atoms with Crippen molar-refractivity contribution in [2.45, 2.75) is 31.4 Å². The van der Waals surface area contributed by atoms with E-state index in [2.05, 4.69) is 17.4 Å². The summed E-state index contributed by atoms with van der Waals surface area (Å²) in [5, 5.41) is 2.42. The predicted molar refractivity (Wildman–Crippen MR) is 68.6 cm³/mol. The molecular weight excluding hydrogens is 234 g/mol. The Kier molecular flexibility index (Phi) is 4.07. The standard InChI is InChI=1S/C13H17NO2S/c1-9(2)16-13(15)11-8-17-12(14-11)10-6-4-3-5-7-10/h3-7,9,11-12,14H,8H2,1-2H3/p+1/t11-,12+/m1/s1. The first kappa shape index (κ1) is 12.5. The number of hydrogen-bond acceptors (Lipinski definition) is 3. The van der Waals surface area contributed by atoms with Crippen LogP contribution in [0.15, 0.2) is 30.3 Å². The molecule has 1 aromatic rings. The van der Waals surface area contributed by atoms with Crippen molar-refractivity contribution in [3.05, 3.63) is 35.9 Å². The van der Waals surface area contributed by atoms with Crippen LogP contribution in [0, 0.1) is 0 Å². The van der Waals surface area contributed by atoms with E-state index in [0.717, 1.165) is 5.75 Å². The summed E-state index contributed by atoms with van der Waals surface area (Å²) in [6.07, 6.45) is -0.0309. The largest absolute Gasteiger partial charge is 0.459 e. The second-order valence-corrected chi connectivity index (χ2v) is 5.62. The minimum Gasteiger partial charge on any atom is -0.459 e. The number of thioether (sulfide) groups is 1. The third kappa shape index (κ3) is 3.23. The number of ether oxygens (including phenoxy) is 1. The van der Waals surface area contributed by atoms with Gasteiger partial charge in [-0.15, -0.1) is 0 Å². The van der Waals surface area contributed by atoms with Gasteiger partial charge in [-0.05, 0) is 13.8 Å². The van der Waals surface area contributed by atoms with Crippen LogP contribution in [0.5, 0.6) is 0 Å². The maximum absolute atomic E-state index is 11.8. The van der Waals surface area contributed by atoms with Crippen molar-refractivity contribution in [2.75, 3.05) is 5.75 Å². The Morgan fingerprint density at radius 1 is 1.41 bits per heavy atom. The first-order valence-corrected chi connectivity index (χ1v) is 6.93. The highest BCUT2D eigenvalue weighted by molar-refractivity contribution is 7.99. The fourth-order valence-corrected chi connectivity index (χ4v) is 3.16. The summed E-state index contributed by atoms with van der Waals surface area (Å²) in [7, 11) is 0. The summed E-state index contributed by atoms with van der Waals surface area (Å²) in [6, 6.07) is 10.2. The van der Waals surface area contributed by atoms with Gasteiger partial charge in [0.05, 0.1) is 11.9 Å². The van der Waals surface area contributed by atoms with Crippen molar-refractivity contribution in [1.82, 2.24) is 0 Å². The van der Waals surface area contributed by atoms with E-state index in [4.69, 9.17) is 4.74 Å². The fourth-order valence-electron chi connectivity index (χ4n) is 1.85. The van der Waals surface area contributed by atoms with Crippen molar-refractivity contribution in [3.63, 3.8) is 0 Å². The third-order valence-corrected chi connectivity index (χ3v) is 3.99. The molecule has 2 N–H and O–H groups in total. The molecule has 4 heteroatoms. The van der Waals surface area contributed by atoms with Gasteiger partial charge in [0.2, 0.25) is 0 Å². The molecule has 2 rings (SSSR count).